The van der Waals surface area contributed by atoms with Crippen molar-refractivity contribution in [3.63, 3.8) is 0 Å². The quantitative estimate of drug-likeness (QED) is 0.872. The van der Waals surface area contributed by atoms with Gasteiger partial charge in [0.1, 0.15) is 0 Å². The molecule has 1 aliphatic rings. The van der Waals surface area contributed by atoms with Crippen LogP contribution < -0.4 is 9.47 Å². The van der Waals surface area contributed by atoms with E-state index >= 15 is 0 Å². The van der Waals surface area contributed by atoms with Gasteiger partial charge in [0.25, 0.3) is 0 Å². The fourth-order valence-electron chi connectivity index (χ4n) is 2.18. The van der Waals surface area contributed by atoms with Crippen molar-refractivity contribution >= 4 is 5.97 Å². The zero-order chi connectivity index (χ0) is 13.1. The van der Waals surface area contributed by atoms with Gasteiger partial charge < -0.3 is 14.6 Å². The Balaban J connectivity index is 2.30. The van der Waals surface area contributed by atoms with Gasteiger partial charge in [-0.2, -0.15) is 0 Å². The number of carboxylic acids is 1. The molecule has 98 valence electrons. The maximum atomic E-state index is 10.7. The molecule has 0 bridgehead atoms. The molecule has 0 amide bonds. The number of carbonyl (C=O) groups is 1. The summed E-state index contributed by atoms with van der Waals surface area (Å²) < 4.78 is 10.9. The first-order chi connectivity index (χ1) is 8.58. The van der Waals surface area contributed by atoms with Crippen molar-refractivity contribution < 1.29 is 19.4 Å². The highest BCUT2D eigenvalue weighted by Crippen LogP contribution is 2.39. The zero-order valence-electron chi connectivity index (χ0n) is 10.7. The summed E-state index contributed by atoms with van der Waals surface area (Å²) in [6, 6.07) is 3.82. The van der Waals surface area contributed by atoms with E-state index in [0.717, 1.165) is 29.0 Å². The van der Waals surface area contributed by atoms with E-state index in [9.17, 15) is 4.79 Å². The largest absolute Gasteiger partial charge is 0.481 e. The minimum atomic E-state index is -0.775. The van der Waals surface area contributed by atoms with Crippen molar-refractivity contribution in [2.75, 3.05) is 6.79 Å². The molecule has 0 fully saturated rings. The van der Waals surface area contributed by atoms with Gasteiger partial charge in [-0.25, -0.2) is 0 Å². The molecule has 4 heteroatoms. The van der Waals surface area contributed by atoms with Crippen LogP contribution in [0.4, 0.5) is 0 Å². The van der Waals surface area contributed by atoms with Crippen molar-refractivity contribution in [3.8, 4) is 11.5 Å². The molecule has 0 unspecified atom stereocenters. The second-order valence-corrected chi connectivity index (χ2v) is 4.93. The van der Waals surface area contributed by atoms with Gasteiger partial charge in [0.15, 0.2) is 11.5 Å². The number of benzene rings is 1. The smallest absolute Gasteiger partial charge is 0.303 e. The Morgan fingerprint density at radius 3 is 2.83 bits per heavy atom. The van der Waals surface area contributed by atoms with Gasteiger partial charge in [-0.05, 0) is 30.4 Å². The van der Waals surface area contributed by atoms with Gasteiger partial charge >= 0.3 is 5.97 Å². The number of fused-ring (bicyclic) bond motifs is 1. The zero-order valence-corrected chi connectivity index (χ0v) is 10.7. The number of carboxylic acid groups (broad SMARTS) is 1. The lowest BCUT2D eigenvalue weighted by atomic mass is 9.94. The molecule has 0 saturated heterocycles. The van der Waals surface area contributed by atoms with Gasteiger partial charge in [-0.15, -0.1) is 0 Å². The molecule has 1 aromatic carbocycles. The highest BCUT2D eigenvalue weighted by molar-refractivity contribution is 5.67. The van der Waals surface area contributed by atoms with Crippen molar-refractivity contribution in [2.45, 2.75) is 33.1 Å². The molecule has 0 saturated carbocycles. The number of hydrogen-bond acceptors (Lipinski definition) is 3. The SMILES string of the molecule is CC(C)Cc1c(CCC(=O)O)ccc2c1OCO2. The Kier molecular flexibility index (Phi) is 3.75. The first kappa shape index (κ1) is 12.7. The van der Waals surface area contributed by atoms with Gasteiger partial charge in [-0.1, -0.05) is 19.9 Å². The normalized spacial score (nSPS) is 13.1. The maximum Gasteiger partial charge on any atom is 0.303 e. The Morgan fingerprint density at radius 2 is 2.17 bits per heavy atom. The molecule has 1 N–H and O–H groups in total. The van der Waals surface area contributed by atoms with E-state index in [1.54, 1.807) is 0 Å². The minimum absolute atomic E-state index is 0.144. The average molecular weight is 250 g/mol. The highest BCUT2D eigenvalue weighted by Gasteiger charge is 2.21. The predicted octanol–water partition coefficient (Wildman–Crippen LogP) is 2.63. The number of aryl methyl sites for hydroxylation is 1. The molecule has 0 spiro atoms. The molecule has 0 aliphatic carbocycles. The second kappa shape index (κ2) is 5.29. The first-order valence-corrected chi connectivity index (χ1v) is 6.20. The van der Waals surface area contributed by atoms with Crippen LogP contribution in [0, 0.1) is 5.92 Å². The lowest BCUT2D eigenvalue weighted by molar-refractivity contribution is -0.136. The monoisotopic (exact) mass is 250 g/mol. The fourth-order valence-corrected chi connectivity index (χ4v) is 2.18. The molecule has 1 aromatic rings. The number of aliphatic carboxylic acids is 1. The summed E-state index contributed by atoms with van der Waals surface area (Å²) in [4.78, 5) is 10.7. The lowest BCUT2D eigenvalue weighted by Crippen LogP contribution is -2.04. The summed E-state index contributed by atoms with van der Waals surface area (Å²) in [5.41, 5.74) is 2.15. The Bertz CT molecular complexity index is 451. The summed E-state index contributed by atoms with van der Waals surface area (Å²) in [5, 5.41) is 8.79. The van der Waals surface area contributed by atoms with Crippen molar-refractivity contribution in [3.05, 3.63) is 23.3 Å². The van der Waals surface area contributed by atoms with E-state index < -0.39 is 5.97 Å². The van der Waals surface area contributed by atoms with Crippen LogP contribution in [0.1, 0.15) is 31.4 Å². The molecular weight excluding hydrogens is 232 g/mol. The van der Waals surface area contributed by atoms with Crippen molar-refractivity contribution in [2.24, 2.45) is 5.92 Å². The summed E-state index contributed by atoms with van der Waals surface area (Å²) in [7, 11) is 0. The standard InChI is InChI=1S/C14H18O4/c1-9(2)7-11-10(4-6-13(15)16)3-5-12-14(11)18-8-17-12/h3,5,9H,4,6-8H2,1-2H3,(H,15,16). The van der Waals surface area contributed by atoms with E-state index in [0.29, 0.717) is 12.3 Å². The minimum Gasteiger partial charge on any atom is -0.481 e. The van der Waals surface area contributed by atoms with E-state index in [-0.39, 0.29) is 13.2 Å². The third-order valence-corrected chi connectivity index (χ3v) is 2.96. The van der Waals surface area contributed by atoms with Crippen LogP contribution in [0.2, 0.25) is 0 Å². The lowest BCUT2D eigenvalue weighted by Gasteiger charge is -2.13. The molecule has 1 aliphatic heterocycles. The van der Waals surface area contributed by atoms with Gasteiger partial charge in [0.2, 0.25) is 6.79 Å². The van der Waals surface area contributed by atoms with Crippen LogP contribution in [0.3, 0.4) is 0 Å². The molecule has 2 rings (SSSR count). The summed E-state index contributed by atoms with van der Waals surface area (Å²) >= 11 is 0. The van der Waals surface area contributed by atoms with Crippen LogP contribution in [-0.2, 0) is 17.6 Å². The van der Waals surface area contributed by atoms with Crippen molar-refractivity contribution in [1.29, 1.82) is 0 Å². The molecular formula is C14H18O4. The predicted molar refractivity (Wildman–Crippen MR) is 67.1 cm³/mol. The second-order valence-electron chi connectivity index (χ2n) is 4.93. The third-order valence-electron chi connectivity index (χ3n) is 2.96. The Morgan fingerprint density at radius 1 is 1.39 bits per heavy atom. The Hall–Kier alpha value is -1.71. The summed E-state index contributed by atoms with van der Waals surface area (Å²) in [6.07, 6.45) is 1.56. The first-order valence-electron chi connectivity index (χ1n) is 6.20. The summed E-state index contributed by atoms with van der Waals surface area (Å²) in [6.45, 7) is 4.52. The van der Waals surface area contributed by atoms with Crippen LogP contribution in [0.25, 0.3) is 0 Å². The van der Waals surface area contributed by atoms with E-state index in [1.807, 2.05) is 12.1 Å². The van der Waals surface area contributed by atoms with Gasteiger partial charge in [-0.3, -0.25) is 4.79 Å². The van der Waals surface area contributed by atoms with Gasteiger partial charge in [0.05, 0.1) is 0 Å². The third kappa shape index (κ3) is 2.75. The molecule has 18 heavy (non-hydrogen) atoms. The Labute approximate surface area is 107 Å². The topological polar surface area (TPSA) is 55.8 Å². The molecule has 4 nitrogen and oxygen atoms in total. The average Bonchev–Trinajstić information content (AvgIpc) is 2.75. The maximum absolute atomic E-state index is 10.7. The fraction of sp³-hybridized carbons (Fsp3) is 0.500. The van der Waals surface area contributed by atoms with E-state index in [1.165, 1.54) is 0 Å². The number of rotatable bonds is 5. The van der Waals surface area contributed by atoms with Gasteiger partial charge in [0, 0.05) is 12.0 Å². The van der Waals surface area contributed by atoms with Crippen LogP contribution in [0.15, 0.2) is 12.1 Å². The highest BCUT2D eigenvalue weighted by atomic mass is 16.7. The number of hydrogen-bond donors (Lipinski definition) is 1. The molecule has 0 aromatic heterocycles. The van der Waals surface area contributed by atoms with Crippen LogP contribution >= 0.6 is 0 Å². The summed E-state index contributed by atoms with van der Waals surface area (Å²) in [5.74, 6) is 1.28. The van der Waals surface area contributed by atoms with E-state index in [2.05, 4.69) is 13.8 Å². The molecule has 0 radical (unpaired) electrons. The molecule has 0 atom stereocenters. The van der Waals surface area contributed by atoms with Crippen LogP contribution in [0.5, 0.6) is 11.5 Å². The molecule has 1 heterocycles. The van der Waals surface area contributed by atoms with E-state index in [4.69, 9.17) is 14.6 Å². The van der Waals surface area contributed by atoms with Crippen LogP contribution in [-0.4, -0.2) is 17.9 Å². The number of ether oxygens (including phenoxy) is 2. The van der Waals surface area contributed by atoms with Crippen molar-refractivity contribution in [1.82, 2.24) is 0 Å².